The highest BCUT2D eigenvalue weighted by Crippen LogP contribution is 2.23. The molecule has 0 radical (unpaired) electrons. The maximum absolute atomic E-state index is 4.19. The number of aromatic amines is 1. The zero-order valence-corrected chi connectivity index (χ0v) is 12.2. The van der Waals surface area contributed by atoms with Crippen molar-refractivity contribution in [1.82, 2.24) is 9.97 Å². The van der Waals surface area contributed by atoms with Crippen molar-refractivity contribution in [1.29, 1.82) is 0 Å². The summed E-state index contributed by atoms with van der Waals surface area (Å²) in [6, 6.07) is 12.7. The predicted molar refractivity (Wildman–Crippen MR) is 82.3 cm³/mol. The van der Waals surface area contributed by atoms with Crippen LogP contribution in [0.4, 0.5) is 5.69 Å². The van der Waals surface area contributed by atoms with Gasteiger partial charge in [-0.3, -0.25) is 0 Å². The van der Waals surface area contributed by atoms with Gasteiger partial charge in [-0.25, -0.2) is 4.98 Å². The largest absolute Gasteiger partial charge is 0.379 e. The average molecular weight is 316 g/mol. The van der Waals surface area contributed by atoms with Gasteiger partial charge in [-0.1, -0.05) is 28.1 Å². The van der Waals surface area contributed by atoms with Crippen LogP contribution in [0, 0.1) is 6.92 Å². The van der Waals surface area contributed by atoms with Crippen LogP contribution in [-0.4, -0.2) is 9.97 Å². The molecule has 0 aliphatic carbocycles. The van der Waals surface area contributed by atoms with Crippen molar-refractivity contribution in [3.63, 3.8) is 0 Å². The Morgan fingerprint density at radius 2 is 1.95 bits per heavy atom. The normalized spacial score (nSPS) is 10.8. The Kier molecular flexibility index (Phi) is 3.25. The summed E-state index contributed by atoms with van der Waals surface area (Å²) in [4.78, 5) is 7.40. The molecule has 19 heavy (non-hydrogen) atoms. The molecule has 0 spiro atoms. The highest BCUT2D eigenvalue weighted by atomic mass is 79.9. The van der Waals surface area contributed by atoms with E-state index in [2.05, 4.69) is 67.6 Å². The molecule has 96 valence electrons. The number of nitrogens with zero attached hydrogens (tertiary/aromatic N) is 1. The summed E-state index contributed by atoms with van der Waals surface area (Å²) in [5, 5.41) is 5.86. The Morgan fingerprint density at radius 1 is 1.16 bits per heavy atom. The molecule has 2 aromatic carbocycles. The van der Waals surface area contributed by atoms with Crippen molar-refractivity contribution in [2.24, 2.45) is 0 Å². The quantitative estimate of drug-likeness (QED) is 0.758. The molecule has 0 saturated carbocycles. The Labute approximate surface area is 120 Å². The highest BCUT2D eigenvalue weighted by molar-refractivity contribution is 9.10. The van der Waals surface area contributed by atoms with Crippen LogP contribution in [0.15, 0.2) is 47.1 Å². The smallest absolute Gasteiger partial charge is 0.103 e. The second kappa shape index (κ2) is 5.05. The number of halogens is 1. The molecular weight excluding hydrogens is 302 g/mol. The van der Waals surface area contributed by atoms with Crippen molar-refractivity contribution in [2.75, 3.05) is 5.32 Å². The van der Waals surface area contributed by atoms with Gasteiger partial charge in [0.1, 0.15) is 5.82 Å². The van der Waals surface area contributed by atoms with Gasteiger partial charge in [0.25, 0.3) is 0 Å². The second-order valence-electron chi connectivity index (χ2n) is 4.55. The number of H-pyrrole nitrogens is 1. The SMILES string of the molecule is Cc1ncc(CNc2ccc3cc(Br)ccc3c2)[nH]1. The van der Waals surface area contributed by atoms with Crippen LogP contribution in [0.5, 0.6) is 0 Å². The van der Waals surface area contributed by atoms with Crippen LogP contribution < -0.4 is 5.32 Å². The first kappa shape index (κ1) is 12.2. The molecule has 1 aromatic heterocycles. The number of anilines is 1. The molecule has 0 fully saturated rings. The van der Waals surface area contributed by atoms with Crippen LogP contribution in [0.2, 0.25) is 0 Å². The molecule has 3 nitrogen and oxygen atoms in total. The molecule has 0 aliphatic heterocycles. The molecule has 4 heteroatoms. The Hall–Kier alpha value is -1.81. The van der Waals surface area contributed by atoms with Gasteiger partial charge < -0.3 is 10.3 Å². The first-order valence-corrected chi connectivity index (χ1v) is 6.94. The lowest BCUT2D eigenvalue weighted by atomic mass is 10.1. The van der Waals surface area contributed by atoms with E-state index in [1.807, 2.05) is 13.1 Å². The fourth-order valence-corrected chi connectivity index (χ4v) is 2.46. The van der Waals surface area contributed by atoms with Gasteiger partial charge in [-0.15, -0.1) is 0 Å². The fraction of sp³-hybridized carbons (Fsp3) is 0.133. The van der Waals surface area contributed by atoms with Crippen LogP contribution in [-0.2, 0) is 6.54 Å². The summed E-state index contributed by atoms with van der Waals surface area (Å²) in [6.45, 7) is 2.71. The van der Waals surface area contributed by atoms with E-state index in [1.165, 1.54) is 10.8 Å². The van der Waals surface area contributed by atoms with E-state index < -0.39 is 0 Å². The van der Waals surface area contributed by atoms with Gasteiger partial charge in [0.15, 0.2) is 0 Å². The third-order valence-electron chi connectivity index (χ3n) is 3.04. The molecule has 0 aliphatic rings. The lowest BCUT2D eigenvalue weighted by molar-refractivity contribution is 1.05. The van der Waals surface area contributed by atoms with Gasteiger partial charge in [-0.05, 0) is 42.0 Å². The lowest BCUT2D eigenvalue weighted by Gasteiger charge is -2.06. The molecule has 0 amide bonds. The molecule has 3 rings (SSSR count). The van der Waals surface area contributed by atoms with Gasteiger partial charge in [0, 0.05) is 10.2 Å². The van der Waals surface area contributed by atoms with E-state index in [-0.39, 0.29) is 0 Å². The van der Waals surface area contributed by atoms with Gasteiger partial charge in [0.05, 0.1) is 18.4 Å². The molecule has 3 aromatic rings. The topological polar surface area (TPSA) is 40.7 Å². The number of hydrogen-bond donors (Lipinski definition) is 2. The van der Waals surface area contributed by atoms with E-state index in [9.17, 15) is 0 Å². The minimum Gasteiger partial charge on any atom is -0.379 e. The van der Waals surface area contributed by atoms with Crippen LogP contribution >= 0.6 is 15.9 Å². The fourth-order valence-electron chi connectivity index (χ4n) is 2.09. The van der Waals surface area contributed by atoms with Crippen molar-refractivity contribution < 1.29 is 0 Å². The summed E-state index contributed by atoms with van der Waals surface area (Å²) >= 11 is 3.49. The third kappa shape index (κ3) is 2.79. The number of aryl methyl sites for hydroxylation is 1. The van der Waals surface area contributed by atoms with Gasteiger partial charge in [0.2, 0.25) is 0 Å². The Morgan fingerprint density at radius 3 is 2.74 bits per heavy atom. The number of hydrogen-bond acceptors (Lipinski definition) is 2. The molecule has 0 atom stereocenters. The zero-order valence-electron chi connectivity index (χ0n) is 10.6. The molecule has 2 N–H and O–H groups in total. The van der Waals surface area contributed by atoms with Crippen molar-refractivity contribution in [2.45, 2.75) is 13.5 Å². The number of nitrogens with one attached hydrogen (secondary N) is 2. The summed E-state index contributed by atoms with van der Waals surface area (Å²) in [7, 11) is 0. The maximum Gasteiger partial charge on any atom is 0.103 e. The second-order valence-corrected chi connectivity index (χ2v) is 5.47. The van der Waals surface area contributed by atoms with E-state index in [0.717, 1.165) is 28.2 Å². The van der Waals surface area contributed by atoms with Crippen molar-refractivity contribution in [3.8, 4) is 0 Å². The minimum atomic E-state index is 0.753. The van der Waals surface area contributed by atoms with Crippen LogP contribution in [0.3, 0.4) is 0 Å². The van der Waals surface area contributed by atoms with Gasteiger partial charge in [-0.2, -0.15) is 0 Å². The summed E-state index contributed by atoms with van der Waals surface area (Å²) in [5.41, 5.74) is 2.20. The molecule has 0 unspecified atom stereocenters. The molecule has 0 bridgehead atoms. The van der Waals surface area contributed by atoms with E-state index >= 15 is 0 Å². The first-order chi connectivity index (χ1) is 9.20. The molecule has 0 saturated heterocycles. The zero-order chi connectivity index (χ0) is 13.2. The average Bonchev–Trinajstić information content (AvgIpc) is 2.82. The van der Waals surface area contributed by atoms with Crippen LogP contribution in [0.25, 0.3) is 10.8 Å². The summed E-state index contributed by atoms with van der Waals surface area (Å²) in [6.07, 6.45) is 1.86. The number of rotatable bonds is 3. The Bertz CT molecular complexity index is 718. The molecular formula is C15H14BrN3. The number of benzene rings is 2. The molecule has 1 heterocycles. The van der Waals surface area contributed by atoms with Crippen molar-refractivity contribution in [3.05, 3.63) is 58.6 Å². The summed E-state index contributed by atoms with van der Waals surface area (Å²) in [5.74, 6) is 0.945. The minimum absolute atomic E-state index is 0.753. The number of imidazole rings is 1. The maximum atomic E-state index is 4.19. The number of aromatic nitrogens is 2. The van der Waals surface area contributed by atoms with Crippen LogP contribution in [0.1, 0.15) is 11.5 Å². The lowest BCUT2D eigenvalue weighted by Crippen LogP contribution is -1.99. The van der Waals surface area contributed by atoms with Crippen molar-refractivity contribution >= 4 is 32.4 Å². The summed E-state index contributed by atoms with van der Waals surface area (Å²) < 4.78 is 1.11. The standard InChI is InChI=1S/C15H14BrN3/c1-10-17-8-15(19-10)9-18-14-5-3-11-6-13(16)4-2-12(11)7-14/h2-8,18H,9H2,1H3,(H,17,19). The monoisotopic (exact) mass is 315 g/mol. The number of fused-ring (bicyclic) bond motifs is 1. The third-order valence-corrected chi connectivity index (χ3v) is 3.53. The van der Waals surface area contributed by atoms with E-state index in [4.69, 9.17) is 0 Å². The Balaban J connectivity index is 1.79. The van der Waals surface area contributed by atoms with E-state index in [0.29, 0.717) is 0 Å². The highest BCUT2D eigenvalue weighted by Gasteiger charge is 1.99. The van der Waals surface area contributed by atoms with E-state index in [1.54, 1.807) is 0 Å². The predicted octanol–water partition coefficient (Wildman–Crippen LogP) is 4.25. The van der Waals surface area contributed by atoms with Gasteiger partial charge >= 0.3 is 0 Å². The first-order valence-electron chi connectivity index (χ1n) is 6.14.